The zero-order valence-corrected chi connectivity index (χ0v) is 8.41. The van der Waals surface area contributed by atoms with Crippen LogP contribution in [-0.4, -0.2) is 20.5 Å². The number of ether oxygens (including phenoxy) is 1. The molecule has 0 amide bonds. The molecule has 6 nitrogen and oxygen atoms in total. The fourth-order valence-corrected chi connectivity index (χ4v) is 1.19. The lowest BCUT2D eigenvalue weighted by atomic mass is 10.3. The maximum atomic E-state index is 10.5. The van der Waals surface area contributed by atoms with Gasteiger partial charge in [0, 0.05) is 18.8 Å². The van der Waals surface area contributed by atoms with E-state index in [1.807, 2.05) is 0 Å². The lowest BCUT2D eigenvalue weighted by molar-refractivity contribution is 0.397. The van der Waals surface area contributed by atoms with Crippen LogP contribution < -0.4 is 14.6 Å². The first kappa shape index (κ1) is 10.9. The fourth-order valence-electron chi connectivity index (χ4n) is 0.820. The van der Waals surface area contributed by atoms with Gasteiger partial charge in [-0.2, -0.15) is 13.1 Å². The molecule has 0 atom stereocenters. The van der Waals surface area contributed by atoms with E-state index in [1.54, 1.807) is 12.1 Å². The second kappa shape index (κ2) is 4.36. The van der Waals surface area contributed by atoms with Crippen molar-refractivity contribution in [1.82, 2.24) is 9.71 Å². The Kier molecular flexibility index (Phi) is 3.39. The molecule has 0 radical (unpaired) electrons. The fraction of sp³-hybridized carbons (Fsp3) is 0.286. The summed E-state index contributed by atoms with van der Waals surface area (Å²) in [5.41, 5.74) is 0.708. The highest BCUT2D eigenvalue weighted by Gasteiger charge is 2.01. The van der Waals surface area contributed by atoms with Gasteiger partial charge in [0.25, 0.3) is 10.2 Å². The molecule has 78 valence electrons. The Hall–Kier alpha value is -1.18. The topological polar surface area (TPSA) is 94.3 Å². The van der Waals surface area contributed by atoms with Gasteiger partial charge < -0.3 is 4.74 Å². The molecule has 0 aromatic carbocycles. The maximum Gasteiger partial charge on any atom is 0.274 e. The van der Waals surface area contributed by atoms with Crippen molar-refractivity contribution in [2.75, 3.05) is 7.11 Å². The lowest BCUT2D eigenvalue weighted by Gasteiger charge is -2.02. The highest BCUT2D eigenvalue weighted by atomic mass is 32.2. The van der Waals surface area contributed by atoms with Crippen molar-refractivity contribution < 1.29 is 13.2 Å². The normalized spacial score (nSPS) is 11.3. The van der Waals surface area contributed by atoms with Crippen molar-refractivity contribution >= 4 is 10.2 Å². The maximum absolute atomic E-state index is 10.5. The molecule has 0 aliphatic heterocycles. The molecular formula is C7H11N3O3S. The summed E-state index contributed by atoms with van der Waals surface area (Å²) >= 11 is 0. The van der Waals surface area contributed by atoms with Crippen molar-refractivity contribution in [2.24, 2.45) is 5.14 Å². The van der Waals surface area contributed by atoms with Gasteiger partial charge in [-0.1, -0.05) is 6.07 Å². The molecule has 0 saturated carbocycles. The standard InChI is InChI=1S/C7H11N3O3S/c1-13-7-3-2-6(4-9-7)5-10-14(8,11)12/h2-4,10H,5H2,1H3,(H2,8,11,12). The number of methoxy groups -OCH3 is 1. The van der Waals surface area contributed by atoms with Crippen LogP contribution in [0.25, 0.3) is 0 Å². The Morgan fingerprint density at radius 1 is 1.57 bits per heavy atom. The van der Waals surface area contributed by atoms with E-state index < -0.39 is 10.2 Å². The van der Waals surface area contributed by atoms with Crippen molar-refractivity contribution in [3.63, 3.8) is 0 Å². The van der Waals surface area contributed by atoms with Crippen molar-refractivity contribution in [3.05, 3.63) is 23.9 Å². The summed E-state index contributed by atoms with van der Waals surface area (Å²) in [6.07, 6.45) is 1.51. The summed E-state index contributed by atoms with van der Waals surface area (Å²) in [5, 5.41) is 4.76. The third-order valence-corrected chi connectivity index (χ3v) is 2.03. The summed E-state index contributed by atoms with van der Waals surface area (Å²) in [6, 6.07) is 3.34. The molecule has 0 aliphatic rings. The summed E-state index contributed by atoms with van der Waals surface area (Å²) in [5.74, 6) is 0.476. The number of hydrogen-bond acceptors (Lipinski definition) is 4. The van der Waals surface area contributed by atoms with E-state index in [0.717, 1.165) is 0 Å². The molecule has 7 heteroatoms. The molecule has 0 unspecified atom stereocenters. The van der Waals surface area contributed by atoms with Crippen LogP contribution in [0.4, 0.5) is 0 Å². The SMILES string of the molecule is COc1ccc(CNS(N)(=O)=O)cn1. The zero-order chi connectivity index (χ0) is 10.6. The molecule has 0 saturated heterocycles. The van der Waals surface area contributed by atoms with Gasteiger partial charge in [0.15, 0.2) is 0 Å². The number of nitrogens with zero attached hydrogens (tertiary/aromatic N) is 1. The Balaban J connectivity index is 2.61. The second-order valence-corrected chi connectivity index (χ2v) is 3.95. The average molecular weight is 217 g/mol. The third-order valence-electron chi connectivity index (χ3n) is 1.48. The molecule has 0 aliphatic carbocycles. The molecule has 0 fully saturated rings. The Morgan fingerprint density at radius 2 is 2.29 bits per heavy atom. The van der Waals surface area contributed by atoms with Crippen LogP contribution >= 0.6 is 0 Å². The predicted molar refractivity (Wildman–Crippen MR) is 50.7 cm³/mol. The molecule has 1 aromatic rings. The number of pyridine rings is 1. The smallest absolute Gasteiger partial charge is 0.274 e. The first-order valence-corrected chi connectivity index (χ1v) is 5.32. The van der Waals surface area contributed by atoms with Crippen LogP contribution in [0.2, 0.25) is 0 Å². The number of rotatable bonds is 4. The monoisotopic (exact) mass is 217 g/mol. The quantitative estimate of drug-likeness (QED) is 0.703. The average Bonchev–Trinajstić information content (AvgIpc) is 2.14. The zero-order valence-electron chi connectivity index (χ0n) is 7.60. The number of nitrogens with one attached hydrogen (secondary N) is 1. The van der Waals surface area contributed by atoms with Crippen molar-refractivity contribution in [2.45, 2.75) is 6.54 Å². The summed E-state index contributed by atoms with van der Waals surface area (Å²) in [7, 11) is -2.14. The molecular weight excluding hydrogens is 206 g/mol. The van der Waals surface area contributed by atoms with Crippen LogP contribution in [0, 0.1) is 0 Å². The van der Waals surface area contributed by atoms with Gasteiger partial charge in [-0.3, -0.25) is 0 Å². The van der Waals surface area contributed by atoms with Gasteiger partial charge in [0.2, 0.25) is 5.88 Å². The van der Waals surface area contributed by atoms with E-state index in [2.05, 4.69) is 9.71 Å². The van der Waals surface area contributed by atoms with Crippen LogP contribution in [0.5, 0.6) is 5.88 Å². The number of hydrogen-bond donors (Lipinski definition) is 2. The van der Waals surface area contributed by atoms with Crippen molar-refractivity contribution in [3.8, 4) is 5.88 Å². The van der Waals surface area contributed by atoms with Gasteiger partial charge in [0.1, 0.15) is 0 Å². The van der Waals surface area contributed by atoms with Gasteiger partial charge in [-0.05, 0) is 5.56 Å². The molecule has 1 rings (SSSR count). The molecule has 0 bridgehead atoms. The van der Waals surface area contributed by atoms with Gasteiger partial charge in [-0.15, -0.1) is 0 Å². The minimum atomic E-state index is -3.65. The molecule has 14 heavy (non-hydrogen) atoms. The highest BCUT2D eigenvalue weighted by molar-refractivity contribution is 7.87. The van der Waals surface area contributed by atoms with E-state index in [4.69, 9.17) is 9.88 Å². The Morgan fingerprint density at radius 3 is 2.71 bits per heavy atom. The van der Waals surface area contributed by atoms with Crippen LogP contribution in [0.15, 0.2) is 18.3 Å². The molecule has 0 spiro atoms. The van der Waals surface area contributed by atoms with Crippen LogP contribution in [0.3, 0.4) is 0 Å². The first-order chi connectivity index (χ1) is 6.51. The van der Waals surface area contributed by atoms with E-state index in [1.165, 1.54) is 13.3 Å². The minimum absolute atomic E-state index is 0.121. The predicted octanol–water partition coefficient (Wildman–Crippen LogP) is -0.617. The lowest BCUT2D eigenvalue weighted by Crippen LogP contribution is -2.30. The Bertz CT molecular complexity index is 387. The van der Waals surface area contributed by atoms with Crippen LogP contribution in [-0.2, 0) is 16.8 Å². The first-order valence-electron chi connectivity index (χ1n) is 3.77. The van der Waals surface area contributed by atoms with Crippen LogP contribution in [0.1, 0.15) is 5.56 Å². The third kappa shape index (κ3) is 3.69. The minimum Gasteiger partial charge on any atom is -0.481 e. The summed E-state index contributed by atoms with van der Waals surface area (Å²) in [6.45, 7) is 0.121. The summed E-state index contributed by atoms with van der Waals surface area (Å²) in [4.78, 5) is 3.90. The molecule has 1 aromatic heterocycles. The van der Waals surface area contributed by atoms with Gasteiger partial charge in [0.05, 0.1) is 7.11 Å². The van der Waals surface area contributed by atoms with Gasteiger partial charge in [-0.25, -0.2) is 10.1 Å². The second-order valence-electron chi connectivity index (χ2n) is 2.57. The van der Waals surface area contributed by atoms with Gasteiger partial charge >= 0.3 is 0 Å². The van der Waals surface area contributed by atoms with E-state index in [0.29, 0.717) is 11.4 Å². The van der Waals surface area contributed by atoms with E-state index >= 15 is 0 Å². The molecule has 1 heterocycles. The van der Waals surface area contributed by atoms with E-state index in [-0.39, 0.29) is 6.54 Å². The van der Waals surface area contributed by atoms with Crippen molar-refractivity contribution in [1.29, 1.82) is 0 Å². The largest absolute Gasteiger partial charge is 0.481 e. The number of nitrogens with two attached hydrogens (primary N) is 1. The molecule has 3 N–H and O–H groups in total. The number of aromatic nitrogens is 1. The Labute approximate surface area is 82.3 Å². The highest BCUT2D eigenvalue weighted by Crippen LogP contribution is 2.06. The summed E-state index contributed by atoms with van der Waals surface area (Å²) < 4.78 is 28.1. The van der Waals surface area contributed by atoms with E-state index in [9.17, 15) is 8.42 Å².